The van der Waals surface area contributed by atoms with E-state index in [-0.39, 0.29) is 18.5 Å². The predicted molar refractivity (Wildman–Crippen MR) is 66.0 cm³/mol. The highest BCUT2D eigenvalue weighted by Gasteiger charge is 2.17. The maximum atomic E-state index is 10.7. The molecule has 0 aliphatic carbocycles. The third-order valence-electron chi connectivity index (χ3n) is 1.81. The number of carbonyl (C=O) groups excluding carboxylic acids is 1. The van der Waals surface area contributed by atoms with E-state index in [4.69, 9.17) is 16.2 Å². The number of amides is 1. The molecule has 0 fully saturated rings. The number of aliphatic hydroxyl groups excluding tert-OH is 1. The molecule has 0 radical (unpaired) electrons. The van der Waals surface area contributed by atoms with Gasteiger partial charge in [0.15, 0.2) is 16.6 Å². The predicted octanol–water partition coefficient (Wildman–Crippen LogP) is -0.229. The quantitative estimate of drug-likeness (QED) is 0.560. The van der Waals surface area contributed by atoms with E-state index < -0.39 is 12.0 Å². The first-order chi connectivity index (χ1) is 7.91. The number of hydrogen-bond acceptors (Lipinski definition) is 7. The second kappa shape index (κ2) is 5.69. The number of hydrogen-bond donors (Lipinski definition) is 4. The lowest BCUT2D eigenvalue weighted by atomic mass is 10.3. The summed E-state index contributed by atoms with van der Waals surface area (Å²) in [5, 5.41) is 12.6. The van der Waals surface area contributed by atoms with Crippen LogP contribution in [0.1, 0.15) is 13.8 Å². The van der Waals surface area contributed by atoms with Crippen LogP contribution in [0.5, 0.6) is 5.75 Å². The normalized spacial score (nSPS) is 12.5. The first kappa shape index (κ1) is 13.5. The lowest BCUT2D eigenvalue weighted by molar-refractivity contribution is -0.125. The number of primary amides is 1. The van der Waals surface area contributed by atoms with Gasteiger partial charge in [0.2, 0.25) is 5.91 Å². The fourth-order valence-corrected chi connectivity index (χ4v) is 1.70. The number of rotatable bonds is 6. The van der Waals surface area contributed by atoms with Crippen LogP contribution in [0.4, 0.5) is 10.8 Å². The van der Waals surface area contributed by atoms with E-state index in [0.29, 0.717) is 10.8 Å². The van der Waals surface area contributed by atoms with Crippen molar-refractivity contribution in [2.45, 2.75) is 26.1 Å². The molecule has 1 atom stereocenters. The highest BCUT2D eigenvalue weighted by Crippen LogP contribution is 2.35. The summed E-state index contributed by atoms with van der Waals surface area (Å²) >= 11 is 1.10. The fourth-order valence-electron chi connectivity index (χ4n) is 1.05. The van der Waals surface area contributed by atoms with Crippen molar-refractivity contribution in [2.75, 3.05) is 17.6 Å². The van der Waals surface area contributed by atoms with Crippen molar-refractivity contribution in [2.24, 2.45) is 5.73 Å². The maximum Gasteiger partial charge on any atom is 0.248 e. The Morgan fingerprint density at radius 1 is 1.65 bits per heavy atom. The molecule has 1 heterocycles. The minimum absolute atomic E-state index is 0.00851. The molecule has 8 heteroatoms. The van der Waals surface area contributed by atoms with Crippen LogP contribution in [0, 0.1) is 0 Å². The van der Waals surface area contributed by atoms with Crippen molar-refractivity contribution < 1.29 is 14.6 Å². The molecule has 0 aliphatic heterocycles. The number of ether oxygens (including phenoxy) is 1. The van der Waals surface area contributed by atoms with Gasteiger partial charge in [0.05, 0.1) is 12.6 Å². The van der Waals surface area contributed by atoms with Gasteiger partial charge in [-0.25, -0.2) is 0 Å². The van der Waals surface area contributed by atoms with Gasteiger partial charge in [0.1, 0.15) is 6.10 Å². The van der Waals surface area contributed by atoms with Crippen molar-refractivity contribution >= 4 is 28.3 Å². The van der Waals surface area contributed by atoms with Gasteiger partial charge in [0, 0.05) is 0 Å². The van der Waals surface area contributed by atoms with E-state index in [2.05, 4.69) is 9.69 Å². The van der Waals surface area contributed by atoms with Gasteiger partial charge < -0.3 is 26.6 Å². The van der Waals surface area contributed by atoms with Gasteiger partial charge in [-0.05, 0) is 25.4 Å². The van der Waals surface area contributed by atoms with Crippen LogP contribution in [0.3, 0.4) is 0 Å². The first-order valence-electron chi connectivity index (χ1n) is 5.04. The molecule has 1 amide bonds. The summed E-state index contributed by atoms with van der Waals surface area (Å²) in [5.74, 6) is -0.0808. The van der Waals surface area contributed by atoms with Gasteiger partial charge in [-0.3, -0.25) is 4.79 Å². The molecule has 17 heavy (non-hydrogen) atoms. The summed E-state index contributed by atoms with van der Waals surface area (Å²) in [7, 11) is 0. The van der Waals surface area contributed by atoms with Gasteiger partial charge in [-0.15, -0.1) is 0 Å². The Bertz CT molecular complexity index is 394. The van der Waals surface area contributed by atoms with Crippen molar-refractivity contribution in [3.8, 4) is 5.75 Å². The third kappa shape index (κ3) is 3.75. The van der Waals surface area contributed by atoms with Gasteiger partial charge in [-0.2, -0.15) is 4.37 Å². The summed E-state index contributed by atoms with van der Waals surface area (Å²) in [4.78, 5) is 10.7. The zero-order chi connectivity index (χ0) is 13.0. The molecular weight excluding hydrogens is 244 g/mol. The standard InChI is InChI=1S/C9H16N4O3S/c1-4(2)16-6-7(10)13-17-9(6)12-3-5(14)8(11)15/h4-5,12,14H,3H2,1-2H3,(H2,10,13)(H2,11,15). The lowest BCUT2D eigenvalue weighted by Gasteiger charge is -2.12. The molecule has 0 spiro atoms. The molecular formula is C9H16N4O3S. The van der Waals surface area contributed by atoms with Crippen LogP contribution in [-0.2, 0) is 4.79 Å². The fraction of sp³-hybridized carbons (Fsp3) is 0.556. The van der Waals surface area contributed by atoms with E-state index in [1.165, 1.54) is 0 Å². The largest absolute Gasteiger partial charge is 0.484 e. The number of nitrogens with zero attached hydrogens (tertiary/aromatic N) is 1. The van der Waals surface area contributed by atoms with Crippen LogP contribution in [-0.4, -0.2) is 34.1 Å². The maximum absolute atomic E-state index is 10.7. The van der Waals surface area contributed by atoms with Crippen molar-refractivity contribution in [1.29, 1.82) is 0 Å². The Morgan fingerprint density at radius 2 is 2.29 bits per heavy atom. The molecule has 7 nitrogen and oxygen atoms in total. The number of nitrogen functional groups attached to an aromatic ring is 1. The van der Waals surface area contributed by atoms with Gasteiger partial charge in [-0.1, -0.05) is 0 Å². The molecule has 0 bridgehead atoms. The Kier molecular flexibility index (Phi) is 4.53. The van der Waals surface area contributed by atoms with Crippen LogP contribution in [0.15, 0.2) is 0 Å². The highest BCUT2D eigenvalue weighted by atomic mass is 32.1. The number of aliphatic hydroxyl groups is 1. The number of carbonyl (C=O) groups is 1. The molecule has 0 aromatic carbocycles. The minimum Gasteiger partial charge on any atom is -0.484 e. The van der Waals surface area contributed by atoms with Crippen LogP contribution in [0.2, 0.25) is 0 Å². The topological polar surface area (TPSA) is 123 Å². The first-order valence-corrected chi connectivity index (χ1v) is 5.82. The molecule has 0 saturated carbocycles. The number of anilines is 2. The van der Waals surface area contributed by atoms with Crippen molar-refractivity contribution in [3.05, 3.63) is 0 Å². The van der Waals surface area contributed by atoms with Crippen molar-refractivity contribution in [3.63, 3.8) is 0 Å². The van der Waals surface area contributed by atoms with Crippen LogP contribution >= 0.6 is 11.5 Å². The Balaban J connectivity index is 2.68. The molecule has 1 unspecified atom stereocenters. The van der Waals surface area contributed by atoms with E-state index in [1.807, 2.05) is 13.8 Å². The zero-order valence-electron chi connectivity index (χ0n) is 9.64. The van der Waals surface area contributed by atoms with Crippen molar-refractivity contribution in [1.82, 2.24) is 4.37 Å². The summed E-state index contributed by atoms with van der Waals surface area (Å²) in [6, 6.07) is 0. The molecule has 1 aromatic heterocycles. The molecule has 1 rings (SSSR count). The second-order valence-electron chi connectivity index (χ2n) is 3.69. The molecule has 1 aromatic rings. The monoisotopic (exact) mass is 260 g/mol. The third-order valence-corrected chi connectivity index (χ3v) is 2.61. The second-order valence-corrected chi connectivity index (χ2v) is 4.47. The van der Waals surface area contributed by atoms with E-state index >= 15 is 0 Å². The molecule has 96 valence electrons. The zero-order valence-corrected chi connectivity index (χ0v) is 10.5. The molecule has 6 N–H and O–H groups in total. The average molecular weight is 260 g/mol. The summed E-state index contributed by atoms with van der Waals surface area (Å²) in [6.45, 7) is 3.71. The Hall–Kier alpha value is -1.54. The summed E-state index contributed by atoms with van der Waals surface area (Å²) in [6.07, 6.45) is -1.31. The van der Waals surface area contributed by atoms with Crippen LogP contribution in [0.25, 0.3) is 0 Å². The number of nitrogens with one attached hydrogen (secondary N) is 1. The number of nitrogens with two attached hydrogens (primary N) is 2. The Labute approximate surface area is 103 Å². The molecule has 0 aliphatic rings. The van der Waals surface area contributed by atoms with E-state index in [1.54, 1.807) is 0 Å². The Morgan fingerprint density at radius 3 is 2.82 bits per heavy atom. The smallest absolute Gasteiger partial charge is 0.248 e. The minimum atomic E-state index is -1.26. The molecule has 0 saturated heterocycles. The highest BCUT2D eigenvalue weighted by molar-refractivity contribution is 7.11. The summed E-state index contributed by atoms with van der Waals surface area (Å²) in [5.41, 5.74) is 10.6. The SMILES string of the molecule is CC(C)Oc1c(N)nsc1NCC(O)C(N)=O. The van der Waals surface area contributed by atoms with Gasteiger partial charge in [0.25, 0.3) is 0 Å². The number of aromatic nitrogens is 1. The van der Waals surface area contributed by atoms with E-state index in [9.17, 15) is 9.90 Å². The van der Waals surface area contributed by atoms with E-state index in [0.717, 1.165) is 11.5 Å². The summed E-state index contributed by atoms with van der Waals surface area (Å²) < 4.78 is 9.40. The van der Waals surface area contributed by atoms with Crippen LogP contribution < -0.4 is 21.5 Å². The van der Waals surface area contributed by atoms with Gasteiger partial charge >= 0.3 is 0 Å². The lowest BCUT2D eigenvalue weighted by Crippen LogP contribution is -2.34. The average Bonchev–Trinajstić information content (AvgIpc) is 2.56.